The topological polar surface area (TPSA) is 71.9 Å². The molecular weight excluding hydrogens is 364 g/mol. The average Bonchev–Trinajstić information content (AvgIpc) is 3.33. The van der Waals surface area contributed by atoms with Gasteiger partial charge in [-0.05, 0) is 56.2 Å². The van der Waals surface area contributed by atoms with E-state index in [-0.39, 0.29) is 5.91 Å². The van der Waals surface area contributed by atoms with E-state index < -0.39 is 0 Å². The summed E-state index contributed by atoms with van der Waals surface area (Å²) < 4.78 is 7.37. The van der Waals surface area contributed by atoms with E-state index >= 15 is 0 Å². The minimum atomic E-state index is -0.118. The number of amides is 1. The molecule has 0 bridgehead atoms. The zero-order chi connectivity index (χ0) is 20.4. The van der Waals surface area contributed by atoms with Crippen molar-refractivity contribution in [1.29, 1.82) is 0 Å². The van der Waals surface area contributed by atoms with Crippen LogP contribution in [-0.4, -0.2) is 34.1 Å². The number of H-pyrrole nitrogens is 1. The Morgan fingerprint density at radius 2 is 2.07 bits per heavy atom. The number of carbonyl (C=O) groups is 1. The number of carbonyl (C=O) groups excluding carboxylic acids is 1. The molecule has 2 aromatic carbocycles. The lowest BCUT2D eigenvalue weighted by molar-refractivity contribution is 0.0954. The molecule has 0 saturated carbocycles. The summed E-state index contributed by atoms with van der Waals surface area (Å²) in [5, 5.41) is 4.21. The predicted octanol–water partition coefficient (Wildman–Crippen LogP) is 3.95. The van der Waals surface area contributed by atoms with Gasteiger partial charge in [-0.1, -0.05) is 11.6 Å². The first-order valence-electron chi connectivity index (χ1n) is 9.59. The van der Waals surface area contributed by atoms with Gasteiger partial charge in [0.2, 0.25) is 0 Å². The lowest BCUT2D eigenvalue weighted by Crippen LogP contribution is -2.25. The fourth-order valence-electron chi connectivity index (χ4n) is 3.50. The van der Waals surface area contributed by atoms with Crippen LogP contribution in [0.3, 0.4) is 0 Å². The summed E-state index contributed by atoms with van der Waals surface area (Å²) in [6.45, 7) is 4.57. The van der Waals surface area contributed by atoms with E-state index in [2.05, 4.69) is 40.4 Å². The highest BCUT2D eigenvalue weighted by Crippen LogP contribution is 2.25. The molecule has 0 saturated heterocycles. The Hall–Kier alpha value is -3.54. The summed E-state index contributed by atoms with van der Waals surface area (Å²) in [7, 11) is 1.60. The number of methoxy groups -OCH3 is 1. The van der Waals surface area contributed by atoms with Crippen LogP contribution in [0.4, 0.5) is 0 Å². The van der Waals surface area contributed by atoms with E-state index in [9.17, 15) is 4.79 Å². The molecule has 148 valence electrons. The highest BCUT2D eigenvalue weighted by atomic mass is 16.5. The molecule has 2 aromatic heterocycles. The molecular formula is C23H24N4O2. The Morgan fingerprint density at radius 3 is 2.83 bits per heavy atom. The van der Waals surface area contributed by atoms with Crippen LogP contribution in [0.15, 0.2) is 55.1 Å². The van der Waals surface area contributed by atoms with Gasteiger partial charge in [-0.25, -0.2) is 4.98 Å². The second-order valence-electron chi connectivity index (χ2n) is 7.18. The molecule has 1 amide bonds. The van der Waals surface area contributed by atoms with Crippen molar-refractivity contribution in [2.45, 2.75) is 20.3 Å². The summed E-state index contributed by atoms with van der Waals surface area (Å²) in [6.07, 6.45) is 6.43. The van der Waals surface area contributed by atoms with Crippen LogP contribution in [0.1, 0.15) is 27.2 Å². The Bertz CT molecular complexity index is 1170. The molecule has 0 aliphatic rings. The molecule has 29 heavy (non-hydrogen) atoms. The zero-order valence-corrected chi connectivity index (χ0v) is 16.8. The summed E-state index contributed by atoms with van der Waals surface area (Å²) in [5.74, 6) is 0.509. The Balaban J connectivity index is 1.45. The molecule has 0 aliphatic carbocycles. The van der Waals surface area contributed by atoms with Crippen molar-refractivity contribution < 1.29 is 9.53 Å². The van der Waals surface area contributed by atoms with Crippen molar-refractivity contribution in [3.8, 4) is 11.4 Å². The lowest BCUT2D eigenvalue weighted by atomic mass is 10.1. The van der Waals surface area contributed by atoms with Crippen LogP contribution in [0, 0.1) is 13.8 Å². The number of ether oxygens (including phenoxy) is 1. The molecule has 6 heteroatoms. The van der Waals surface area contributed by atoms with Crippen LogP contribution in [0.25, 0.3) is 16.6 Å². The van der Waals surface area contributed by atoms with Gasteiger partial charge in [0, 0.05) is 35.4 Å². The smallest absolute Gasteiger partial charge is 0.251 e. The number of nitrogens with zero attached hydrogens (tertiary/aromatic N) is 2. The summed E-state index contributed by atoms with van der Waals surface area (Å²) in [5.41, 5.74) is 5.87. The number of hydrogen-bond acceptors (Lipinski definition) is 3. The number of aryl methyl sites for hydroxylation is 2. The van der Waals surface area contributed by atoms with Gasteiger partial charge in [0.15, 0.2) is 0 Å². The van der Waals surface area contributed by atoms with Crippen LogP contribution >= 0.6 is 0 Å². The van der Waals surface area contributed by atoms with Crippen molar-refractivity contribution in [2.75, 3.05) is 13.7 Å². The molecule has 0 fully saturated rings. The molecule has 2 N–H and O–H groups in total. The third-order valence-corrected chi connectivity index (χ3v) is 5.03. The molecule has 0 atom stereocenters. The van der Waals surface area contributed by atoms with E-state index in [4.69, 9.17) is 4.74 Å². The normalized spacial score (nSPS) is 11.0. The van der Waals surface area contributed by atoms with Crippen molar-refractivity contribution >= 4 is 16.8 Å². The van der Waals surface area contributed by atoms with Crippen molar-refractivity contribution in [3.05, 3.63) is 77.5 Å². The first-order valence-corrected chi connectivity index (χ1v) is 9.59. The highest BCUT2D eigenvalue weighted by molar-refractivity contribution is 5.95. The number of rotatable bonds is 6. The summed E-state index contributed by atoms with van der Waals surface area (Å²) in [6, 6.07) is 11.8. The summed E-state index contributed by atoms with van der Waals surface area (Å²) in [4.78, 5) is 20.1. The predicted molar refractivity (Wildman–Crippen MR) is 114 cm³/mol. The maximum Gasteiger partial charge on any atom is 0.251 e. The van der Waals surface area contributed by atoms with Crippen LogP contribution in [0.5, 0.6) is 5.75 Å². The highest BCUT2D eigenvalue weighted by Gasteiger charge is 2.12. The first kappa shape index (κ1) is 18.8. The molecule has 0 spiro atoms. The number of fused-ring (bicyclic) bond motifs is 1. The van der Waals surface area contributed by atoms with Crippen molar-refractivity contribution in [2.24, 2.45) is 0 Å². The second kappa shape index (κ2) is 7.83. The summed E-state index contributed by atoms with van der Waals surface area (Å²) >= 11 is 0. The first-order chi connectivity index (χ1) is 14.0. The van der Waals surface area contributed by atoms with Gasteiger partial charge in [0.25, 0.3) is 5.91 Å². The third kappa shape index (κ3) is 3.87. The van der Waals surface area contributed by atoms with Gasteiger partial charge in [-0.15, -0.1) is 0 Å². The lowest BCUT2D eigenvalue weighted by Gasteiger charge is -2.11. The number of imidazole rings is 1. The Labute approximate surface area is 169 Å². The maximum atomic E-state index is 12.6. The van der Waals surface area contributed by atoms with Crippen molar-refractivity contribution in [3.63, 3.8) is 0 Å². The zero-order valence-electron chi connectivity index (χ0n) is 16.8. The molecule has 4 aromatic rings. The van der Waals surface area contributed by atoms with E-state index in [1.807, 2.05) is 30.0 Å². The molecule has 2 heterocycles. The third-order valence-electron chi connectivity index (χ3n) is 5.03. The van der Waals surface area contributed by atoms with Crippen LogP contribution < -0.4 is 10.1 Å². The monoisotopic (exact) mass is 388 g/mol. The Kier molecular flexibility index (Phi) is 5.08. The standard InChI is InChI=1S/C23H24N4O2/c1-15-4-6-20-19(10-15)18(12-25-20)8-9-24-23(28)17-5-7-21(22(11-17)29-3)27-13-16(2)26-14-27/h4-7,10-14,25H,8-9H2,1-3H3,(H,24,28). The molecule has 4 rings (SSSR count). The van der Waals surface area contributed by atoms with E-state index in [0.29, 0.717) is 17.9 Å². The Morgan fingerprint density at radius 1 is 1.21 bits per heavy atom. The van der Waals surface area contributed by atoms with Crippen LogP contribution in [-0.2, 0) is 6.42 Å². The van der Waals surface area contributed by atoms with E-state index in [0.717, 1.165) is 23.3 Å². The fraction of sp³-hybridized carbons (Fsp3) is 0.217. The average molecular weight is 388 g/mol. The minimum absolute atomic E-state index is 0.118. The van der Waals surface area contributed by atoms with Gasteiger partial charge in [-0.2, -0.15) is 0 Å². The van der Waals surface area contributed by atoms with Gasteiger partial charge >= 0.3 is 0 Å². The van der Waals surface area contributed by atoms with Crippen LogP contribution in [0.2, 0.25) is 0 Å². The molecule has 0 aliphatic heterocycles. The minimum Gasteiger partial charge on any atom is -0.495 e. The number of nitrogens with one attached hydrogen (secondary N) is 2. The van der Waals surface area contributed by atoms with Gasteiger partial charge < -0.3 is 19.6 Å². The quantitative estimate of drug-likeness (QED) is 0.525. The van der Waals surface area contributed by atoms with Crippen molar-refractivity contribution in [1.82, 2.24) is 19.9 Å². The van der Waals surface area contributed by atoms with Gasteiger partial charge in [-0.3, -0.25) is 4.79 Å². The molecule has 0 radical (unpaired) electrons. The SMILES string of the molecule is COc1cc(C(=O)NCCc2c[nH]c3ccc(C)cc23)ccc1-n1cnc(C)c1. The maximum absolute atomic E-state index is 12.6. The number of aromatic amines is 1. The largest absolute Gasteiger partial charge is 0.495 e. The van der Waals surface area contributed by atoms with E-state index in [1.54, 1.807) is 25.6 Å². The van der Waals surface area contributed by atoms with Gasteiger partial charge in [0.05, 0.1) is 24.8 Å². The second-order valence-corrected chi connectivity index (χ2v) is 7.18. The number of benzene rings is 2. The number of aromatic nitrogens is 3. The van der Waals surface area contributed by atoms with Gasteiger partial charge in [0.1, 0.15) is 5.75 Å². The van der Waals surface area contributed by atoms with E-state index in [1.165, 1.54) is 16.5 Å². The molecule has 0 unspecified atom stereocenters. The fourth-order valence-corrected chi connectivity index (χ4v) is 3.50. The molecule has 6 nitrogen and oxygen atoms in total. The number of hydrogen-bond donors (Lipinski definition) is 2.